The molecule has 0 saturated heterocycles. The molecule has 1 amide bonds. The number of hydrogen-bond donors (Lipinski definition) is 1. The molecule has 3 aromatic carbocycles. The molecule has 9 heteroatoms. The highest BCUT2D eigenvalue weighted by atomic mass is 19.1. The molecule has 0 bridgehead atoms. The lowest BCUT2D eigenvalue weighted by Gasteiger charge is -2.25. The molecule has 1 N–H and O–H groups in total. The average Bonchev–Trinajstić information content (AvgIpc) is 2.98. The first-order valence-electron chi connectivity index (χ1n) is 12.6. The zero-order valence-electron chi connectivity index (χ0n) is 23.5. The predicted octanol–water partition coefficient (Wildman–Crippen LogP) is 5.22. The third-order valence-electron chi connectivity index (χ3n) is 6.24. The molecular formula is C32H32FNO7. The zero-order valence-corrected chi connectivity index (χ0v) is 23.5. The van der Waals surface area contributed by atoms with Crippen molar-refractivity contribution in [2.75, 3.05) is 28.4 Å². The number of allylic oxidation sites excluding steroid dienone is 2. The van der Waals surface area contributed by atoms with Crippen LogP contribution in [0.25, 0.3) is 12.2 Å². The molecule has 0 fully saturated rings. The molecule has 0 heterocycles. The molecule has 1 atom stereocenters. The number of halogens is 1. The monoisotopic (exact) mass is 561 g/mol. The van der Waals surface area contributed by atoms with Crippen molar-refractivity contribution in [3.63, 3.8) is 0 Å². The van der Waals surface area contributed by atoms with Crippen LogP contribution in [0.15, 0.2) is 72.8 Å². The van der Waals surface area contributed by atoms with Crippen LogP contribution in [0.5, 0.6) is 23.0 Å². The van der Waals surface area contributed by atoms with Gasteiger partial charge in [-0.3, -0.25) is 14.4 Å². The smallest absolute Gasteiger partial charge is 0.217 e. The number of carbonyl (C=O) groups excluding carboxylic acids is 3. The Hall–Kier alpha value is -4.92. The molecule has 0 aliphatic heterocycles. The molecule has 0 aromatic heterocycles. The van der Waals surface area contributed by atoms with E-state index in [-0.39, 0.29) is 5.56 Å². The van der Waals surface area contributed by atoms with Gasteiger partial charge >= 0.3 is 0 Å². The van der Waals surface area contributed by atoms with Crippen molar-refractivity contribution in [3.8, 4) is 23.0 Å². The van der Waals surface area contributed by atoms with Crippen molar-refractivity contribution in [2.24, 2.45) is 5.92 Å². The van der Waals surface area contributed by atoms with Crippen molar-refractivity contribution in [1.82, 2.24) is 5.32 Å². The SMILES string of the molecule is COc1ccc(/C=C/C(=O)C(C(=O)/C=C/c2ccc(OC)c(OC)c2)C(NC(C)=O)c2ccccc2F)cc1OC. The first-order valence-corrected chi connectivity index (χ1v) is 12.6. The molecule has 3 rings (SSSR count). The quantitative estimate of drug-likeness (QED) is 0.226. The van der Waals surface area contributed by atoms with Crippen molar-refractivity contribution in [2.45, 2.75) is 13.0 Å². The number of ketones is 2. The molecule has 8 nitrogen and oxygen atoms in total. The maximum atomic E-state index is 14.9. The number of rotatable bonds is 13. The van der Waals surface area contributed by atoms with Crippen molar-refractivity contribution in [1.29, 1.82) is 0 Å². The summed E-state index contributed by atoms with van der Waals surface area (Å²) in [5.74, 6) is -2.01. The van der Waals surface area contributed by atoms with E-state index >= 15 is 0 Å². The Morgan fingerprint density at radius 2 is 1.17 bits per heavy atom. The molecule has 0 radical (unpaired) electrons. The number of ether oxygens (including phenoxy) is 4. The fourth-order valence-electron chi connectivity index (χ4n) is 4.23. The van der Waals surface area contributed by atoms with Gasteiger partial charge in [0.2, 0.25) is 5.91 Å². The summed E-state index contributed by atoms with van der Waals surface area (Å²) in [6.45, 7) is 1.23. The summed E-state index contributed by atoms with van der Waals surface area (Å²) in [6, 6.07) is 14.5. The Labute approximate surface area is 238 Å². The minimum absolute atomic E-state index is 0.00781. The van der Waals surface area contributed by atoms with Gasteiger partial charge in [0.1, 0.15) is 11.7 Å². The van der Waals surface area contributed by atoms with E-state index in [9.17, 15) is 18.8 Å². The van der Waals surface area contributed by atoms with Crippen LogP contribution in [0.3, 0.4) is 0 Å². The average molecular weight is 562 g/mol. The number of amides is 1. The molecule has 3 aromatic rings. The van der Waals surface area contributed by atoms with E-state index in [4.69, 9.17) is 18.9 Å². The summed E-state index contributed by atoms with van der Waals surface area (Å²) in [5.41, 5.74) is 1.21. The fourth-order valence-corrected chi connectivity index (χ4v) is 4.23. The third kappa shape index (κ3) is 7.82. The normalized spacial score (nSPS) is 11.9. The lowest BCUT2D eigenvalue weighted by Crippen LogP contribution is -2.39. The van der Waals surface area contributed by atoms with E-state index in [1.165, 1.54) is 77.9 Å². The topological polar surface area (TPSA) is 100 Å². The number of benzene rings is 3. The van der Waals surface area contributed by atoms with Crippen LogP contribution in [0.1, 0.15) is 29.7 Å². The van der Waals surface area contributed by atoms with Crippen LogP contribution in [-0.4, -0.2) is 45.9 Å². The second kappa shape index (κ2) is 14.5. The van der Waals surface area contributed by atoms with Gasteiger partial charge in [-0.05, 0) is 53.6 Å². The molecule has 0 saturated carbocycles. The second-order valence-corrected chi connectivity index (χ2v) is 8.88. The molecule has 0 aliphatic rings. The van der Waals surface area contributed by atoms with Crippen LogP contribution in [0, 0.1) is 11.7 Å². The minimum Gasteiger partial charge on any atom is -0.493 e. The highest BCUT2D eigenvalue weighted by Gasteiger charge is 2.35. The fraction of sp³-hybridized carbons (Fsp3) is 0.219. The van der Waals surface area contributed by atoms with Gasteiger partial charge in [0.15, 0.2) is 34.6 Å². The van der Waals surface area contributed by atoms with Gasteiger partial charge in [0, 0.05) is 12.5 Å². The maximum Gasteiger partial charge on any atom is 0.217 e. The highest BCUT2D eigenvalue weighted by molar-refractivity contribution is 6.14. The van der Waals surface area contributed by atoms with Gasteiger partial charge in [0.25, 0.3) is 0 Å². The first-order chi connectivity index (χ1) is 19.7. The summed E-state index contributed by atoms with van der Waals surface area (Å²) < 4.78 is 36.0. The van der Waals surface area contributed by atoms with E-state index in [1.807, 2.05) is 0 Å². The zero-order chi connectivity index (χ0) is 29.9. The number of carbonyl (C=O) groups is 3. The number of methoxy groups -OCH3 is 4. The lowest BCUT2D eigenvalue weighted by molar-refractivity contribution is -0.129. The lowest BCUT2D eigenvalue weighted by atomic mass is 9.85. The number of nitrogens with one attached hydrogen (secondary N) is 1. The maximum absolute atomic E-state index is 14.9. The second-order valence-electron chi connectivity index (χ2n) is 8.88. The van der Waals surface area contributed by atoms with Crippen molar-refractivity contribution < 1.29 is 37.7 Å². The van der Waals surface area contributed by atoms with E-state index in [2.05, 4.69) is 5.32 Å². The van der Waals surface area contributed by atoms with E-state index in [0.717, 1.165) is 0 Å². The molecule has 0 spiro atoms. The molecule has 0 aliphatic carbocycles. The summed E-state index contributed by atoms with van der Waals surface area (Å²) in [5, 5.41) is 2.60. The van der Waals surface area contributed by atoms with Crippen LogP contribution in [-0.2, 0) is 14.4 Å². The third-order valence-corrected chi connectivity index (χ3v) is 6.24. The summed E-state index contributed by atoms with van der Waals surface area (Å²) in [7, 11) is 5.99. The van der Waals surface area contributed by atoms with Crippen molar-refractivity contribution in [3.05, 3.63) is 95.3 Å². The first kappa shape index (κ1) is 30.6. The Morgan fingerprint density at radius 1 is 0.707 bits per heavy atom. The minimum atomic E-state index is -1.47. The Bertz CT molecular complexity index is 1390. The standard InChI is InChI=1S/C32H32FNO7/c1-20(35)34-32(23-8-6-7-9-24(23)33)31(25(36)14-10-21-12-16-27(38-2)29(18-21)40-4)26(37)15-11-22-13-17-28(39-3)30(19-22)41-5/h6-19,31-32H,1-5H3,(H,34,35)/b14-10+,15-11+. The molecular weight excluding hydrogens is 529 g/mol. The van der Waals surface area contributed by atoms with Crippen LogP contribution in [0.2, 0.25) is 0 Å². The van der Waals surface area contributed by atoms with Crippen LogP contribution in [0.4, 0.5) is 4.39 Å². The van der Waals surface area contributed by atoms with Gasteiger partial charge in [-0.2, -0.15) is 0 Å². The summed E-state index contributed by atoms with van der Waals surface area (Å²) >= 11 is 0. The van der Waals surface area contributed by atoms with Gasteiger partial charge < -0.3 is 24.3 Å². The highest BCUT2D eigenvalue weighted by Crippen LogP contribution is 2.31. The molecule has 1 unspecified atom stereocenters. The van der Waals surface area contributed by atoms with E-state index in [0.29, 0.717) is 34.1 Å². The molecule has 41 heavy (non-hydrogen) atoms. The Kier molecular flexibility index (Phi) is 10.8. The number of hydrogen-bond acceptors (Lipinski definition) is 7. The van der Waals surface area contributed by atoms with Crippen molar-refractivity contribution >= 4 is 29.6 Å². The molecule has 214 valence electrons. The van der Waals surface area contributed by atoms with Gasteiger partial charge in [-0.15, -0.1) is 0 Å². The summed E-state index contributed by atoms with van der Waals surface area (Å²) in [6.07, 6.45) is 5.47. The predicted molar refractivity (Wildman–Crippen MR) is 154 cm³/mol. The van der Waals surface area contributed by atoms with Gasteiger partial charge in [-0.25, -0.2) is 4.39 Å². The van der Waals surface area contributed by atoms with E-state index in [1.54, 1.807) is 42.5 Å². The van der Waals surface area contributed by atoms with Gasteiger partial charge in [-0.1, -0.05) is 42.5 Å². The van der Waals surface area contributed by atoms with E-state index < -0.39 is 35.3 Å². The largest absolute Gasteiger partial charge is 0.493 e. The summed E-state index contributed by atoms with van der Waals surface area (Å²) in [4.78, 5) is 39.4. The Morgan fingerprint density at radius 3 is 1.59 bits per heavy atom. The Balaban J connectivity index is 2.04. The van der Waals surface area contributed by atoms with Crippen LogP contribution < -0.4 is 24.3 Å². The van der Waals surface area contributed by atoms with Crippen LogP contribution >= 0.6 is 0 Å². The van der Waals surface area contributed by atoms with Gasteiger partial charge in [0.05, 0.1) is 34.5 Å².